The van der Waals surface area contributed by atoms with Gasteiger partial charge in [0.15, 0.2) is 0 Å². The number of benzene rings is 2. The number of thioether (sulfide) groups is 1. The van der Waals surface area contributed by atoms with E-state index in [4.69, 9.17) is 4.74 Å². The zero-order chi connectivity index (χ0) is 24.1. The Labute approximate surface area is 206 Å². The number of carbonyl (C=O) groups is 3. The van der Waals surface area contributed by atoms with Crippen molar-refractivity contribution in [2.24, 2.45) is 0 Å². The Morgan fingerprint density at radius 2 is 2.00 bits per heavy atom. The van der Waals surface area contributed by atoms with Crippen LogP contribution in [0.25, 0.3) is 0 Å². The molecule has 2 aromatic rings. The van der Waals surface area contributed by atoms with Crippen LogP contribution >= 0.6 is 11.8 Å². The summed E-state index contributed by atoms with van der Waals surface area (Å²) in [7, 11) is 0. The van der Waals surface area contributed by atoms with Crippen molar-refractivity contribution in [1.82, 2.24) is 5.32 Å². The molecule has 1 saturated heterocycles. The van der Waals surface area contributed by atoms with E-state index in [9.17, 15) is 18.8 Å². The molecule has 2 N–H and O–H groups in total. The molecule has 0 bridgehead atoms. The second-order valence-corrected chi connectivity index (χ2v) is 10.3. The first-order chi connectivity index (χ1) is 17.0. The van der Waals surface area contributed by atoms with E-state index < -0.39 is 6.09 Å². The molecule has 8 nitrogen and oxygen atoms in total. The van der Waals surface area contributed by atoms with Gasteiger partial charge in [0.05, 0.1) is 23.7 Å². The number of anilines is 3. The predicted molar refractivity (Wildman–Crippen MR) is 131 cm³/mol. The third-order valence-corrected chi connectivity index (χ3v) is 8.13. The second kappa shape index (κ2) is 8.83. The first-order valence-electron chi connectivity index (χ1n) is 11.8. The zero-order valence-electron chi connectivity index (χ0n) is 19.0. The van der Waals surface area contributed by atoms with Gasteiger partial charge < -0.3 is 20.3 Å². The molecule has 6 rings (SSSR count). The SMILES string of the molecule is O=C1CSc2ccc(N3C[C@@H](CNCCC4CN5C(=O)CCc6ccc(F)c4c65)OC3=O)cc2N1. The van der Waals surface area contributed by atoms with Crippen molar-refractivity contribution in [3.05, 3.63) is 47.3 Å². The highest BCUT2D eigenvalue weighted by atomic mass is 32.2. The van der Waals surface area contributed by atoms with E-state index in [0.717, 1.165) is 16.1 Å². The summed E-state index contributed by atoms with van der Waals surface area (Å²) in [6.07, 6.45) is 1.09. The highest BCUT2D eigenvalue weighted by Crippen LogP contribution is 2.44. The van der Waals surface area contributed by atoms with Crippen LogP contribution in [-0.2, 0) is 20.7 Å². The van der Waals surface area contributed by atoms with Crippen molar-refractivity contribution in [3.8, 4) is 0 Å². The maximum atomic E-state index is 14.7. The number of amides is 3. The van der Waals surface area contributed by atoms with Crippen LogP contribution in [-0.4, -0.2) is 55.9 Å². The van der Waals surface area contributed by atoms with Crippen LogP contribution in [0.1, 0.15) is 29.9 Å². The van der Waals surface area contributed by atoms with E-state index in [1.807, 2.05) is 12.1 Å². The van der Waals surface area contributed by atoms with Gasteiger partial charge in [0.1, 0.15) is 11.9 Å². The Kier molecular flexibility index (Phi) is 5.64. The molecule has 35 heavy (non-hydrogen) atoms. The van der Waals surface area contributed by atoms with E-state index in [-0.39, 0.29) is 29.7 Å². The molecule has 4 aliphatic heterocycles. The quantitative estimate of drug-likeness (QED) is 0.597. The number of hydrogen-bond donors (Lipinski definition) is 2. The average Bonchev–Trinajstić information content (AvgIpc) is 3.42. The van der Waals surface area contributed by atoms with Crippen LogP contribution < -0.4 is 20.4 Å². The van der Waals surface area contributed by atoms with Gasteiger partial charge in [-0.3, -0.25) is 14.5 Å². The number of ether oxygens (including phenoxy) is 1. The summed E-state index contributed by atoms with van der Waals surface area (Å²) in [6, 6.07) is 8.88. The topological polar surface area (TPSA) is 91.0 Å². The van der Waals surface area contributed by atoms with Gasteiger partial charge in [0.2, 0.25) is 11.8 Å². The van der Waals surface area contributed by atoms with Crippen LogP contribution in [0.2, 0.25) is 0 Å². The normalized spacial score (nSPS) is 22.7. The van der Waals surface area contributed by atoms with Gasteiger partial charge in [-0.15, -0.1) is 11.8 Å². The van der Waals surface area contributed by atoms with Gasteiger partial charge in [0, 0.05) is 41.6 Å². The number of nitrogens with zero attached hydrogens (tertiary/aromatic N) is 2. The lowest BCUT2D eigenvalue weighted by molar-refractivity contribution is -0.118. The van der Waals surface area contributed by atoms with Crippen LogP contribution in [0.4, 0.5) is 26.2 Å². The third-order valence-electron chi connectivity index (χ3n) is 7.06. The number of cyclic esters (lactones) is 1. The zero-order valence-corrected chi connectivity index (χ0v) is 19.8. The summed E-state index contributed by atoms with van der Waals surface area (Å²) in [5.41, 5.74) is 3.89. The minimum atomic E-state index is -0.418. The van der Waals surface area contributed by atoms with Crippen molar-refractivity contribution >= 4 is 46.7 Å². The van der Waals surface area contributed by atoms with E-state index in [1.54, 1.807) is 21.9 Å². The number of aryl methyl sites for hydroxylation is 1. The lowest BCUT2D eigenvalue weighted by Gasteiger charge is -2.25. The molecule has 10 heteroatoms. The summed E-state index contributed by atoms with van der Waals surface area (Å²) >= 11 is 1.47. The number of nitrogens with one attached hydrogen (secondary N) is 2. The van der Waals surface area contributed by atoms with E-state index >= 15 is 0 Å². The molecule has 0 aliphatic carbocycles. The van der Waals surface area contributed by atoms with Gasteiger partial charge in [-0.2, -0.15) is 0 Å². The fraction of sp³-hybridized carbons (Fsp3) is 0.400. The molecule has 0 radical (unpaired) electrons. The Morgan fingerprint density at radius 1 is 1.11 bits per heavy atom. The molecule has 182 valence electrons. The van der Waals surface area contributed by atoms with E-state index in [0.29, 0.717) is 68.1 Å². The standard InChI is InChI=1S/C25H25FN4O4S/c26-18-4-1-14-2-6-22(32)30-11-15(23(18)24(14)30)7-8-27-10-17-12-29(25(33)34-17)16-3-5-20-19(9-16)28-21(31)13-35-20/h1,3-5,9,15,17,27H,2,6-8,10-13H2,(H,28,31)/t15?,17-/m1/s1. The maximum Gasteiger partial charge on any atom is 0.414 e. The molecule has 0 saturated carbocycles. The molecular formula is C25H25FN4O4S. The van der Waals surface area contributed by atoms with Crippen LogP contribution in [0.5, 0.6) is 0 Å². The Hall–Kier alpha value is -3.11. The number of rotatable bonds is 6. The van der Waals surface area contributed by atoms with E-state index in [2.05, 4.69) is 10.6 Å². The van der Waals surface area contributed by atoms with Crippen molar-refractivity contribution in [3.63, 3.8) is 0 Å². The molecule has 2 atom stereocenters. The van der Waals surface area contributed by atoms with Gasteiger partial charge in [0.25, 0.3) is 0 Å². The van der Waals surface area contributed by atoms with Gasteiger partial charge in [-0.1, -0.05) is 6.07 Å². The Morgan fingerprint density at radius 3 is 2.89 bits per heavy atom. The molecule has 1 unspecified atom stereocenters. The van der Waals surface area contributed by atoms with Crippen LogP contribution in [0.15, 0.2) is 35.2 Å². The van der Waals surface area contributed by atoms with Gasteiger partial charge in [-0.05, 0) is 49.2 Å². The van der Waals surface area contributed by atoms with Crippen LogP contribution in [0, 0.1) is 5.82 Å². The van der Waals surface area contributed by atoms with Gasteiger partial charge in [-0.25, -0.2) is 9.18 Å². The molecule has 0 spiro atoms. The molecule has 0 aromatic heterocycles. The Balaban J connectivity index is 1.05. The summed E-state index contributed by atoms with van der Waals surface area (Å²) in [5.74, 6) is 0.107. The molecule has 1 fully saturated rings. The molecule has 2 aromatic carbocycles. The van der Waals surface area contributed by atoms with Crippen molar-refractivity contribution in [1.29, 1.82) is 0 Å². The monoisotopic (exact) mass is 496 g/mol. The van der Waals surface area contributed by atoms with E-state index in [1.165, 1.54) is 17.8 Å². The molecule has 3 amide bonds. The van der Waals surface area contributed by atoms with Crippen molar-refractivity contribution in [2.75, 3.05) is 47.0 Å². The molecular weight excluding hydrogens is 471 g/mol. The lowest BCUT2D eigenvalue weighted by Crippen LogP contribution is -2.34. The van der Waals surface area contributed by atoms with Crippen molar-refractivity contribution in [2.45, 2.75) is 36.2 Å². The third kappa shape index (κ3) is 4.04. The fourth-order valence-electron chi connectivity index (χ4n) is 5.40. The number of hydrogen-bond acceptors (Lipinski definition) is 6. The largest absolute Gasteiger partial charge is 0.443 e. The minimum absolute atomic E-state index is 0.0503. The average molecular weight is 497 g/mol. The summed E-state index contributed by atoms with van der Waals surface area (Å²) in [4.78, 5) is 40.8. The predicted octanol–water partition coefficient (Wildman–Crippen LogP) is 3.25. The first kappa shape index (κ1) is 22.4. The second-order valence-electron chi connectivity index (χ2n) is 9.30. The molecule has 4 aliphatic rings. The summed E-state index contributed by atoms with van der Waals surface area (Å²) in [5, 5.41) is 6.18. The number of carbonyl (C=O) groups excluding carboxylic acids is 3. The molecule has 4 heterocycles. The minimum Gasteiger partial charge on any atom is -0.443 e. The summed E-state index contributed by atoms with van der Waals surface area (Å²) < 4.78 is 20.2. The first-order valence-corrected chi connectivity index (χ1v) is 12.8. The van der Waals surface area contributed by atoms with Crippen molar-refractivity contribution < 1.29 is 23.5 Å². The Bertz CT molecular complexity index is 1240. The highest BCUT2D eigenvalue weighted by Gasteiger charge is 2.38. The number of fused-ring (bicyclic) bond motifs is 1. The maximum absolute atomic E-state index is 14.7. The lowest BCUT2D eigenvalue weighted by atomic mass is 9.93. The smallest absolute Gasteiger partial charge is 0.414 e. The number of halogens is 1. The van der Waals surface area contributed by atoms with Crippen LogP contribution in [0.3, 0.4) is 0 Å². The summed E-state index contributed by atoms with van der Waals surface area (Å²) in [6.45, 7) is 2.01. The van der Waals surface area contributed by atoms with Gasteiger partial charge >= 0.3 is 6.09 Å². The highest BCUT2D eigenvalue weighted by molar-refractivity contribution is 8.00. The fourth-order valence-corrected chi connectivity index (χ4v) is 6.18.